The predicted molar refractivity (Wildman–Crippen MR) is 87.1 cm³/mol. The van der Waals surface area contributed by atoms with Crippen LogP contribution in [0.2, 0.25) is 0 Å². The van der Waals surface area contributed by atoms with Crippen LogP contribution in [-0.4, -0.2) is 34.4 Å². The van der Waals surface area contributed by atoms with Crippen molar-refractivity contribution in [3.05, 3.63) is 53.9 Å². The molecule has 0 aliphatic rings. The number of aromatic nitrogens is 1. The number of benzene rings is 1. The van der Waals surface area contributed by atoms with Crippen LogP contribution in [0.3, 0.4) is 0 Å². The molecule has 1 N–H and O–H groups in total. The third-order valence-electron chi connectivity index (χ3n) is 3.67. The van der Waals surface area contributed by atoms with Gasteiger partial charge in [-0.3, -0.25) is 9.59 Å². The van der Waals surface area contributed by atoms with Crippen LogP contribution < -0.4 is 5.32 Å². The number of anilines is 1. The Kier molecular flexibility index (Phi) is 5.51. The van der Waals surface area contributed by atoms with Crippen molar-refractivity contribution in [1.82, 2.24) is 9.47 Å². The summed E-state index contributed by atoms with van der Waals surface area (Å²) in [4.78, 5) is 25.8. The Balaban J connectivity index is 2.12. The van der Waals surface area contributed by atoms with E-state index in [2.05, 4.69) is 5.32 Å². The summed E-state index contributed by atoms with van der Waals surface area (Å²) in [6, 6.07) is 8.02. The van der Waals surface area contributed by atoms with Crippen molar-refractivity contribution in [2.45, 2.75) is 13.1 Å². The predicted octanol–water partition coefficient (Wildman–Crippen LogP) is 3.14. The van der Waals surface area contributed by atoms with Crippen molar-refractivity contribution in [2.24, 2.45) is 7.05 Å². The van der Waals surface area contributed by atoms with Gasteiger partial charge in [0.2, 0.25) is 5.91 Å². The minimum atomic E-state index is -4.58. The number of carbonyl (C=O) groups is 2. The molecule has 1 aromatic heterocycles. The molecule has 0 atom stereocenters. The smallest absolute Gasteiger partial charge is 0.347 e. The average molecular weight is 353 g/mol. The lowest BCUT2D eigenvalue weighted by Gasteiger charge is -2.21. The first-order valence-corrected chi connectivity index (χ1v) is 7.60. The minimum Gasteiger partial charge on any atom is -0.347 e. The van der Waals surface area contributed by atoms with Crippen LogP contribution in [0, 0.1) is 0 Å². The monoisotopic (exact) mass is 353 g/mol. The molecule has 0 aliphatic heterocycles. The molecular weight excluding hydrogens is 335 g/mol. The third kappa shape index (κ3) is 4.40. The lowest BCUT2D eigenvalue weighted by molar-refractivity contribution is -0.137. The second kappa shape index (κ2) is 7.42. The van der Waals surface area contributed by atoms with Gasteiger partial charge in [-0.15, -0.1) is 0 Å². The summed E-state index contributed by atoms with van der Waals surface area (Å²) in [5, 5.41) is 2.24. The van der Waals surface area contributed by atoms with Gasteiger partial charge in [-0.1, -0.05) is 12.1 Å². The summed E-state index contributed by atoms with van der Waals surface area (Å²) in [5.41, 5.74) is -0.868. The molecule has 0 saturated carbocycles. The van der Waals surface area contributed by atoms with E-state index in [1.807, 2.05) is 0 Å². The van der Waals surface area contributed by atoms with E-state index in [-0.39, 0.29) is 24.7 Å². The summed E-state index contributed by atoms with van der Waals surface area (Å²) in [6.45, 7) is 1.60. The number of halogens is 3. The van der Waals surface area contributed by atoms with Crippen molar-refractivity contribution < 1.29 is 22.8 Å². The number of nitrogens with one attached hydrogen (secondary N) is 1. The Morgan fingerprint density at radius 3 is 2.40 bits per heavy atom. The quantitative estimate of drug-likeness (QED) is 0.898. The SMILES string of the molecule is CCN(CC(=O)Nc1ccccc1C(F)(F)F)C(=O)c1cccn1C. The number of nitrogens with zero attached hydrogens (tertiary/aromatic N) is 2. The summed E-state index contributed by atoms with van der Waals surface area (Å²) < 4.78 is 40.5. The summed E-state index contributed by atoms with van der Waals surface area (Å²) in [5.74, 6) is -1.06. The van der Waals surface area contributed by atoms with Gasteiger partial charge in [0, 0.05) is 19.8 Å². The van der Waals surface area contributed by atoms with Crippen LogP contribution in [0.5, 0.6) is 0 Å². The van der Waals surface area contributed by atoms with Crippen LogP contribution in [0.15, 0.2) is 42.6 Å². The third-order valence-corrected chi connectivity index (χ3v) is 3.67. The van der Waals surface area contributed by atoms with Crippen LogP contribution >= 0.6 is 0 Å². The maximum absolute atomic E-state index is 13.0. The number of aryl methyl sites for hydroxylation is 1. The fraction of sp³-hybridized carbons (Fsp3) is 0.294. The molecule has 2 rings (SSSR count). The highest BCUT2D eigenvalue weighted by molar-refractivity contribution is 5.99. The van der Waals surface area contributed by atoms with Gasteiger partial charge >= 0.3 is 6.18 Å². The number of hydrogen-bond acceptors (Lipinski definition) is 2. The van der Waals surface area contributed by atoms with E-state index in [9.17, 15) is 22.8 Å². The minimum absolute atomic E-state index is 0.248. The van der Waals surface area contributed by atoms with Gasteiger partial charge in [-0.2, -0.15) is 13.2 Å². The lowest BCUT2D eigenvalue weighted by atomic mass is 10.1. The molecule has 1 aromatic carbocycles. The van der Waals surface area contributed by atoms with E-state index >= 15 is 0 Å². The number of likely N-dealkylation sites (N-methyl/N-ethyl adjacent to an activating group) is 1. The van der Waals surface area contributed by atoms with Crippen molar-refractivity contribution in [1.29, 1.82) is 0 Å². The van der Waals surface area contributed by atoms with E-state index in [1.165, 1.54) is 23.1 Å². The van der Waals surface area contributed by atoms with Crippen molar-refractivity contribution in [3.63, 3.8) is 0 Å². The zero-order valence-corrected chi connectivity index (χ0v) is 13.8. The molecule has 134 valence electrons. The molecule has 0 fully saturated rings. The maximum Gasteiger partial charge on any atom is 0.418 e. The Hall–Kier alpha value is -2.77. The normalized spacial score (nSPS) is 11.2. The van der Waals surface area contributed by atoms with Crippen molar-refractivity contribution in [3.8, 4) is 0 Å². The fourth-order valence-corrected chi connectivity index (χ4v) is 2.37. The molecular formula is C17H18F3N3O2. The largest absolute Gasteiger partial charge is 0.418 e. The Morgan fingerprint density at radius 2 is 1.84 bits per heavy atom. The standard InChI is InChI=1S/C17H18F3N3O2/c1-3-23(16(25)14-9-6-10-22(14)2)11-15(24)21-13-8-5-4-7-12(13)17(18,19)20/h4-10H,3,11H2,1-2H3,(H,21,24). The topological polar surface area (TPSA) is 54.3 Å². The van der Waals surface area contributed by atoms with Crippen LogP contribution in [-0.2, 0) is 18.0 Å². The van der Waals surface area contributed by atoms with E-state index in [0.717, 1.165) is 6.07 Å². The first kappa shape index (κ1) is 18.6. The summed E-state index contributed by atoms with van der Waals surface area (Å²) >= 11 is 0. The number of rotatable bonds is 5. The van der Waals surface area contributed by atoms with Crippen LogP contribution in [0.4, 0.5) is 18.9 Å². The number of carbonyl (C=O) groups excluding carboxylic acids is 2. The van der Waals surface area contributed by atoms with Crippen molar-refractivity contribution in [2.75, 3.05) is 18.4 Å². The first-order valence-electron chi connectivity index (χ1n) is 7.60. The van der Waals surface area contributed by atoms with Crippen LogP contribution in [0.25, 0.3) is 0 Å². The number of para-hydroxylation sites is 1. The Morgan fingerprint density at radius 1 is 1.16 bits per heavy atom. The molecule has 0 bridgehead atoms. The number of hydrogen-bond donors (Lipinski definition) is 1. The molecule has 0 unspecified atom stereocenters. The molecule has 2 aromatic rings. The van der Waals surface area contributed by atoms with E-state index < -0.39 is 17.6 Å². The first-order chi connectivity index (χ1) is 11.7. The van der Waals surface area contributed by atoms with Gasteiger partial charge < -0.3 is 14.8 Å². The summed E-state index contributed by atoms with van der Waals surface area (Å²) in [7, 11) is 1.70. The van der Waals surface area contributed by atoms with E-state index in [4.69, 9.17) is 0 Å². The number of alkyl halides is 3. The lowest BCUT2D eigenvalue weighted by Crippen LogP contribution is -2.38. The van der Waals surface area contributed by atoms with Crippen LogP contribution in [0.1, 0.15) is 23.0 Å². The second-order valence-electron chi connectivity index (χ2n) is 5.42. The molecule has 0 radical (unpaired) electrons. The molecule has 8 heteroatoms. The average Bonchev–Trinajstić information content (AvgIpc) is 2.97. The number of amides is 2. The van der Waals surface area contributed by atoms with Gasteiger partial charge in [-0.05, 0) is 31.2 Å². The molecule has 0 spiro atoms. The van der Waals surface area contributed by atoms with Gasteiger partial charge in [0.25, 0.3) is 5.91 Å². The zero-order chi connectivity index (χ0) is 18.6. The Bertz CT molecular complexity index is 768. The fourth-order valence-electron chi connectivity index (χ4n) is 2.37. The van der Waals surface area contributed by atoms with Gasteiger partial charge in [-0.25, -0.2) is 0 Å². The van der Waals surface area contributed by atoms with Gasteiger partial charge in [0.05, 0.1) is 11.3 Å². The second-order valence-corrected chi connectivity index (χ2v) is 5.42. The molecule has 2 amide bonds. The highest BCUT2D eigenvalue weighted by Crippen LogP contribution is 2.34. The highest BCUT2D eigenvalue weighted by atomic mass is 19.4. The Labute approximate surface area is 143 Å². The zero-order valence-electron chi connectivity index (χ0n) is 13.8. The highest BCUT2D eigenvalue weighted by Gasteiger charge is 2.33. The van der Waals surface area contributed by atoms with Gasteiger partial charge in [0.1, 0.15) is 12.2 Å². The molecule has 25 heavy (non-hydrogen) atoms. The van der Waals surface area contributed by atoms with E-state index in [0.29, 0.717) is 5.69 Å². The van der Waals surface area contributed by atoms with E-state index in [1.54, 1.807) is 36.9 Å². The molecule has 5 nitrogen and oxygen atoms in total. The van der Waals surface area contributed by atoms with Crippen molar-refractivity contribution >= 4 is 17.5 Å². The molecule has 0 aliphatic carbocycles. The summed E-state index contributed by atoms with van der Waals surface area (Å²) in [6.07, 6.45) is -2.88. The maximum atomic E-state index is 13.0. The molecule has 0 saturated heterocycles. The van der Waals surface area contributed by atoms with Gasteiger partial charge in [0.15, 0.2) is 0 Å². The molecule has 1 heterocycles.